The van der Waals surface area contributed by atoms with Gasteiger partial charge in [0.05, 0.1) is 0 Å². The topological polar surface area (TPSA) is 15.3 Å². The average molecular weight is 335 g/mol. The van der Waals surface area contributed by atoms with Crippen molar-refractivity contribution in [3.8, 4) is 0 Å². The first-order valence-corrected chi connectivity index (χ1v) is 7.51. The van der Waals surface area contributed by atoms with E-state index < -0.39 is 0 Å². The Morgan fingerprint density at radius 3 is 2.95 bits per heavy atom. The molecule has 0 atom stereocenters. The summed E-state index contributed by atoms with van der Waals surface area (Å²) in [6.45, 7) is 3.24. The van der Waals surface area contributed by atoms with Crippen molar-refractivity contribution in [2.24, 2.45) is 0 Å². The summed E-state index contributed by atoms with van der Waals surface area (Å²) in [7, 11) is 0. The Hall–Kier alpha value is -1.39. The first-order valence-electron chi connectivity index (χ1n) is 6.71. The van der Waals surface area contributed by atoms with E-state index in [9.17, 15) is 4.39 Å². The van der Waals surface area contributed by atoms with Gasteiger partial charge in [-0.2, -0.15) is 0 Å². The number of nitrogens with one attached hydrogen (secondary N) is 1. The van der Waals surface area contributed by atoms with Crippen molar-refractivity contribution in [2.75, 3.05) is 18.0 Å². The molecular weight excluding hydrogens is 319 g/mol. The maximum atomic E-state index is 13.9. The molecule has 2 nitrogen and oxygen atoms in total. The van der Waals surface area contributed by atoms with Gasteiger partial charge >= 0.3 is 0 Å². The molecule has 0 aliphatic carbocycles. The molecule has 4 heteroatoms. The van der Waals surface area contributed by atoms with Crippen molar-refractivity contribution < 1.29 is 4.39 Å². The van der Waals surface area contributed by atoms with E-state index in [1.165, 1.54) is 17.3 Å². The van der Waals surface area contributed by atoms with Crippen LogP contribution in [0.5, 0.6) is 0 Å². The highest BCUT2D eigenvalue weighted by Gasteiger charge is 2.16. The van der Waals surface area contributed by atoms with E-state index in [0.717, 1.165) is 29.7 Å². The lowest BCUT2D eigenvalue weighted by atomic mass is 10.1. The van der Waals surface area contributed by atoms with Crippen molar-refractivity contribution in [3.05, 3.63) is 63.9 Å². The molecule has 0 spiro atoms. The summed E-state index contributed by atoms with van der Waals surface area (Å²) in [4.78, 5) is 2.24. The minimum atomic E-state index is -0.150. The molecule has 0 unspecified atom stereocenters. The van der Waals surface area contributed by atoms with Crippen LogP contribution in [0.2, 0.25) is 0 Å². The van der Waals surface area contributed by atoms with Crippen LogP contribution in [0.15, 0.2) is 46.9 Å². The molecule has 1 heterocycles. The molecule has 2 aromatic carbocycles. The third-order valence-electron chi connectivity index (χ3n) is 3.58. The van der Waals surface area contributed by atoms with Crippen molar-refractivity contribution in [2.45, 2.75) is 13.1 Å². The number of fused-ring (bicyclic) bond motifs is 1. The van der Waals surface area contributed by atoms with Gasteiger partial charge in [-0.15, -0.1) is 0 Å². The van der Waals surface area contributed by atoms with Crippen LogP contribution in [0, 0.1) is 5.82 Å². The molecule has 2 aromatic rings. The molecule has 0 bridgehead atoms. The fourth-order valence-electron chi connectivity index (χ4n) is 2.56. The minimum absolute atomic E-state index is 0.150. The zero-order valence-corrected chi connectivity index (χ0v) is 12.7. The van der Waals surface area contributed by atoms with E-state index >= 15 is 0 Å². The predicted octanol–water partition coefficient (Wildman–Crippen LogP) is 3.70. The van der Waals surface area contributed by atoms with E-state index in [0.29, 0.717) is 6.54 Å². The average Bonchev–Trinajstić information content (AvgIpc) is 2.66. The molecule has 1 aliphatic heterocycles. The molecule has 104 valence electrons. The molecule has 20 heavy (non-hydrogen) atoms. The molecule has 0 radical (unpaired) electrons. The third-order valence-corrected chi connectivity index (χ3v) is 4.07. The molecule has 0 saturated heterocycles. The first kappa shape index (κ1) is 13.6. The van der Waals surface area contributed by atoms with Crippen molar-refractivity contribution >= 4 is 21.6 Å². The van der Waals surface area contributed by atoms with Gasteiger partial charge in [-0.05, 0) is 29.8 Å². The highest BCUT2D eigenvalue weighted by Crippen LogP contribution is 2.25. The highest BCUT2D eigenvalue weighted by molar-refractivity contribution is 9.10. The first-order chi connectivity index (χ1) is 9.74. The van der Waals surface area contributed by atoms with Crippen LogP contribution in [-0.2, 0) is 13.1 Å². The number of rotatable bonds is 2. The lowest BCUT2D eigenvalue weighted by molar-refractivity contribution is 0.601. The third kappa shape index (κ3) is 2.86. The second kappa shape index (κ2) is 5.94. The number of para-hydroxylation sites is 1. The van der Waals surface area contributed by atoms with Crippen LogP contribution in [0.1, 0.15) is 11.1 Å². The van der Waals surface area contributed by atoms with Crippen LogP contribution in [-0.4, -0.2) is 13.1 Å². The lowest BCUT2D eigenvalue weighted by Gasteiger charge is -2.25. The largest absolute Gasteiger partial charge is 0.366 e. The molecule has 0 fully saturated rings. The summed E-state index contributed by atoms with van der Waals surface area (Å²) < 4.78 is 14.9. The predicted molar refractivity (Wildman–Crippen MR) is 83.3 cm³/mol. The molecule has 0 saturated carbocycles. The van der Waals surface area contributed by atoms with Gasteiger partial charge in [0.1, 0.15) is 5.82 Å². The highest BCUT2D eigenvalue weighted by atomic mass is 79.9. The smallest absolute Gasteiger partial charge is 0.128 e. The van der Waals surface area contributed by atoms with E-state index in [-0.39, 0.29) is 5.82 Å². The Morgan fingerprint density at radius 2 is 2.05 bits per heavy atom. The number of halogens is 2. The Bertz CT molecular complexity index is 615. The number of nitrogens with zero attached hydrogens (tertiary/aromatic N) is 1. The Balaban J connectivity index is 1.92. The van der Waals surface area contributed by atoms with Gasteiger partial charge in [0, 0.05) is 41.9 Å². The minimum Gasteiger partial charge on any atom is -0.366 e. The van der Waals surface area contributed by atoms with Gasteiger partial charge in [-0.1, -0.05) is 34.1 Å². The molecule has 1 aliphatic rings. The van der Waals surface area contributed by atoms with Crippen molar-refractivity contribution in [1.82, 2.24) is 5.32 Å². The van der Waals surface area contributed by atoms with E-state index in [1.807, 2.05) is 18.2 Å². The molecule has 0 amide bonds. The normalized spacial score (nSPS) is 14.8. The number of hydrogen-bond acceptors (Lipinski definition) is 2. The quantitative estimate of drug-likeness (QED) is 0.900. The summed E-state index contributed by atoms with van der Waals surface area (Å²) in [6.07, 6.45) is 0. The number of benzene rings is 2. The van der Waals surface area contributed by atoms with Crippen LogP contribution < -0.4 is 10.2 Å². The Kier molecular flexibility index (Phi) is 4.03. The zero-order chi connectivity index (χ0) is 13.9. The second-order valence-corrected chi connectivity index (χ2v) is 5.88. The summed E-state index contributed by atoms with van der Waals surface area (Å²) in [5.41, 5.74) is 3.17. The fourth-order valence-corrected chi connectivity index (χ4v) is 2.97. The standard InChI is InChI=1S/C16H16BrFN2/c17-14-5-6-15(18)13(9-14)11-20-8-7-19-10-12-3-1-2-4-16(12)20/h1-6,9,19H,7-8,10-11H2. The molecule has 3 rings (SSSR count). The van der Waals surface area contributed by atoms with Gasteiger partial charge in [0.2, 0.25) is 0 Å². The van der Waals surface area contributed by atoms with Crippen LogP contribution >= 0.6 is 15.9 Å². The zero-order valence-electron chi connectivity index (χ0n) is 11.1. The van der Waals surface area contributed by atoms with Crippen molar-refractivity contribution in [3.63, 3.8) is 0 Å². The monoisotopic (exact) mass is 334 g/mol. The van der Waals surface area contributed by atoms with Crippen molar-refractivity contribution in [1.29, 1.82) is 0 Å². The molecule has 0 aromatic heterocycles. The summed E-state index contributed by atoms with van der Waals surface area (Å²) in [5, 5.41) is 3.40. The fraction of sp³-hybridized carbons (Fsp3) is 0.250. The van der Waals surface area contributed by atoms with E-state index in [2.05, 4.69) is 38.3 Å². The van der Waals surface area contributed by atoms with Gasteiger partial charge in [0.25, 0.3) is 0 Å². The summed E-state index contributed by atoms with van der Waals surface area (Å²) in [5.74, 6) is -0.150. The number of anilines is 1. The SMILES string of the molecule is Fc1ccc(Br)cc1CN1CCNCc2ccccc21. The lowest BCUT2D eigenvalue weighted by Crippen LogP contribution is -2.28. The van der Waals surface area contributed by atoms with E-state index in [4.69, 9.17) is 0 Å². The maximum absolute atomic E-state index is 13.9. The van der Waals surface area contributed by atoms with Gasteiger partial charge in [-0.3, -0.25) is 0 Å². The van der Waals surface area contributed by atoms with Crippen LogP contribution in [0.25, 0.3) is 0 Å². The van der Waals surface area contributed by atoms with Gasteiger partial charge in [0.15, 0.2) is 0 Å². The van der Waals surface area contributed by atoms with Gasteiger partial charge in [-0.25, -0.2) is 4.39 Å². The number of hydrogen-bond donors (Lipinski definition) is 1. The van der Waals surface area contributed by atoms with Crippen LogP contribution in [0.3, 0.4) is 0 Å². The van der Waals surface area contributed by atoms with Crippen LogP contribution in [0.4, 0.5) is 10.1 Å². The second-order valence-electron chi connectivity index (χ2n) is 4.96. The maximum Gasteiger partial charge on any atom is 0.128 e. The molecular formula is C16H16BrFN2. The molecule has 1 N–H and O–H groups in total. The summed E-state index contributed by atoms with van der Waals surface area (Å²) >= 11 is 3.41. The van der Waals surface area contributed by atoms with Gasteiger partial charge < -0.3 is 10.2 Å². The Labute approximate surface area is 126 Å². The van der Waals surface area contributed by atoms with E-state index in [1.54, 1.807) is 6.07 Å². The summed E-state index contributed by atoms with van der Waals surface area (Å²) in [6, 6.07) is 13.4. The Morgan fingerprint density at radius 1 is 1.20 bits per heavy atom.